The molecule has 8 heteroatoms. The molecule has 6 nitrogen and oxygen atoms in total. The van der Waals surface area contributed by atoms with E-state index in [2.05, 4.69) is 20.5 Å². The van der Waals surface area contributed by atoms with E-state index in [4.69, 9.17) is 4.42 Å². The molecular weight excluding hydrogens is 356 g/mol. The molecule has 25 heavy (non-hydrogen) atoms. The van der Waals surface area contributed by atoms with Gasteiger partial charge in [0, 0.05) is 29.5 Å². The number of anilines is 1. The van der Waals surface area contributed by atoms with E-state index in [0.717, 1.165) is 26.5 Å². The molecule has 1 aromatic carbocycles. The molecular formula is C17H14N4O2S2. The number of aryl methyl sites for hydroxylation is 2. The quantitative estimate of drug-likeness (QED) is 0.567. The van der Waals surface area contributed by atoms with Gasteiger partial charge >= 0.3 is 0 Å². The lowest BCUT2D eigenvalue weighted by Gasteiger charge is -2.03. The molecule has 1 amide bonds. The molecule has 0 bridgehead atoms. The summed E-state index contributed by atoms with van der Waals surface area (Å²) in [5, 5.41) is 15.8. The molecule has 0 aliphatic heterocycles. The minimum absolute atomic E-state index is 0.0872. The largest absolute Gasteiger partial charge is 0.421 e. The molecule has 0 atom stereocenters. The van der Waals surface area contributed by atoms with E-state index in [-0.39, 0.29) is 12.3 Å². The third-order valence-corrected chi connectivity index (χ3v) is 5.20. The second-order valence-corrected chi connectivity index (χ2v) is 7.49. The predicted molar refractivity (Wildman–Crippen MR) is 98.9 cm³/mol. The number of nitrogens with zero attached hydrogens (tertiary/aromatic N) is 3. The van der Waals surface area contributed by atoms with Gasteiger partial charge in [-0.2, -0.15) is 11.3 Å². The third-order valence-electron chi connectivity index (χ3n) is 3.58. The van der Waals surface area contributed by atoms with E-state index in [0.29, 0.717) is 18.2 Å². The standard InChI is InChI=1S/C17H14N4O2S2/c1-10-18-13-3-2-12(8-14(13)25-10)19-15(22)4-5-16-20-21-17(23-16)11-6-7-24-9-11/h2-3,6-9H,4-5H2,1H3,(H,19,22). The molecule has 0 spiro atoms. The molecule has 4 aromatic rings. The summed E-state index contributed by atoms with van der Waals surface area (Å²) < 4.78 is 6.65. The summed E-state index contributed by atoms with van der Waals surface area (Å²) in [6.45, 7) is 1.97. The van der Waals surface area contributed by atoms with Crippen LogP contribution in [0.1, 0.15) is 17.3 Å². The average molecular weight is 370 g/mol. The van der Waals surface area contributed by atoms with E-state index in [1.165, 1.54) is 0 Å². The van der Waals surface area contributed by atoms with Gasteiger partial charge in [0.15, 0.2) is 0 Å². The van der Waals surface area contributed by atoms with Crippen LogP contribution in [0.15, 0.2) is 39.4 Å². The van der Waals surface area contributed by atoms with Gasteiger partial charge in [-0.15, -0.1) is 21.5 Å². The van der Waals surface area contributed by atoms with Crippen LogP contribution in [0.25, 0.3) is 21.7 Å². The van der Waals surface area contributed by atoms with Gasteiger partial charge in [0.25, 0.3) is 0 Å². The van der Waals surface area contributed by atoms with Crippen molar-refractivity contribution in [1.29, 1.82) is 0 Å². The Bertz CT molecular complexity index is 1020. The first kappa shape index (κ1) is 15.9. The molecule has 3 heterocycles. The Labute approximate surface area is 151 Å². The summed E-state index contributed by atoms with van der Waals surface area (Å²) in [4.78, 5) is 16.6. The molecule has 3 aromatic heterocycles. The van der Waals surface area contributed by atoms with Crippen LogP contribution in [-0.4, -0.2) is 21.1 Å². The number of amides is 1. The lowest BCUT2D eigenvalue weighted by molar-refractivity contribution is -0.116. The average Bonchev–Trinajstić information content (AvgIpc) is 3.32. The number of carbonyl (C=O) groups excluding carboxylic acids is 1. The van der Waals surface area contributed by atoms with Crippen LogP contribution in [0.5, 0.6) is 0 Å². The summed E-state index contributed by atoms with van der Waals surface area (Å²) in [5.74, 6) is 0.864. The zero-order chi connectivity index (χ0) is 17.2. The summed E-state index contributed by atoms with van der Waals surface area (Å²) in [6, 6.07) is 7.64. The Balaban J connectivity index is 1.37. The summed E-state index contributed by atoms with van der Waals surface area (Å²) >= 11 is 3.18. The lowest BCUT2D eigenvalue weighted by atomic mass is 10.2. The van der Waals surface area contributed by atoms with E-state index in [1.54, 1.807) is 22.7 Å². The maximum atomic E-state index is 12.2. The molecule has 1 N–H and O–H groups in total. The minimum Gasteiger partial charge on any atom is -0.421 e. The third kappa shape index (κ3) is 3.59. The van der Waals surface area contributed by atoms with Crippen molar-refractivity contribution in [2.45, 2.75) is 19.8 Å². The number of hydrogen-bond acceptors (Lipinski definition) is 7. The zero-order valence-electron chi connectivity index (χ0n) is 13.4. The number of thiazole rings is 1. The number of benzene rings is 1. The van der Waals surface area contributed by atoms with E-state index >= 15 is 0 Å². The second-order valence-electron chi connectivity index (χ2n) is 5.48. The van der Waals surface area contributed by atoms with Crippen molar-refractivity contribution >= 4 is 44.5 Å². The first-order valence-corrected chi connectivity index (χ1v) is 9.45. The van der Waals surface area contributed by atoms with Crippen molar-refractivity contribution in [3.63, 3.8) is 0 Å². The van der Waals surface area contributed by atoms with Crippen LogP contribution in [-0.2, 0) is 11.2 Å². The summed E-state index contributed by atoms with van der Waals surface area (Å²) in [6.07, 6.45) is 0.690. The number of hydrogen-bond donors (Lipinski definition) is 1. The zero-order valence-corrected chi connectivity index (χ0v) is 15.0. The van der Waals surface area contributed by atoms with Crippen LogP contribution in [0.4, 0.5) is 5.69 Å². The van der Waals surface area contributed by atoms with Gasteiger partial charge in [0.05, 0.1) is 15.2 Å². The Morgan fingerprint density at radius 1 is 1.28 bits per heavy atom. The van der Waals surface area contributed by atoms with Crippen LogP contribution in [0.3, 0.4) is 0 Å². The maximum absolute atomic E-state index is 12.2. The van der Waals surface area contributed by atoms with Crippen molar-refractivity contribution in [3.8, 4) is 11.5 Å². The highest BCUT2D eigenvalue weighted by atomic mass is 32.1. The van der Waals surface area contributed by atoms with Crippen molar-refractivity contribution in [2.75, 3.05) is 5.32 Å². The Kier molecular flexibility index (Phi) is 4.29. The van der Waals surface area contributed by atoms with E-state index in [1.807, 2.05) is 41.9 Å². The van der Waals surface area contributed by atoms with Gasteiger partial charge in [-0.25, -0.2) is 4.98 Å². The van der Waals surface area contributed by atoms with Crippen LogP contribution in [0.2, 0.25) is 0 Å². The molecule has 0 saturated heterocycles. The number of fused-ring (bicyclic) bond motifs is 1. The second kappa shape index (κ2) is 6.73. The first-order chi connectivity index (χ1) is 12.2. The van der Waals surface area contributed by atoms with Gasteiger partial charge in [0.1, 0.15) is 0 Å². The van der Waals surface area contributed by atoms with Gasteiger partial charge in [-0.05, 0) is 36.6 Å². The highest BCUT2D eigenvalue weighted by Crippen LogP contribution is 2.25. The van der Waals surface area contributed by atoms with Crippen LogP contribution < -0.4 is 5.32 Å². The van der Waals surface area contributed by atoms with Crippen LogP contribution in [0, 0.1) is 6.92 Å². The highest BCUT2D eigenvalue weighted by Gasteiger charge is 2.11. The number of rotatable bonds is 5. The summed E-state index contributed by atoms with van der Waals surface area (Å²) in [5.41, 5.74) is 2.62. The van der Waals surface area contributed by atoms with Gasteiger partial charge in [-0.3, -0.25) is 4.79 Å². The smallest absolute Gasteiger partial charge is 0.248 e. The maximum Gasteiger partial charge on any atom is 0.248 e. The predicted octanol–water partition coefficient (Wildman–Crippen LogP) is 4.29. The highest BCUT2D eigenvalue weighted by molar-refractivity contribution is 7.18. The molecule has 4 rings (SSSR count). The Morgan fingerprint density at radius 2 is 2.20 bits per heavy atom. The number of carbonyl (C=O) groups is 1. The monoisotopic (exact) mass is 370 g/mol. The van der Waals surface area contributed by atoms with Crippen molar-refractivity contribution in [3.05, 3.63) is 45.9 Å². The minimum atomic E-state index is -0.0872. The molecule has 0 aliphatic rings. The fraction of sp³-hybridized carbons (Fsp3) is 0.176. The van der Waals surface area contributed by atoms with Crippen LogP contribution >= 0.6 is 22.7 Å². The Morgan fingerprint density at radius 3 is 3.04 bits per heavy atom. The fourth-order valence-electron chi connectivity index (χ4n) is 2.42. The van der Waals surface area contributed by atoms with E-state index < -0.39 is 0 Å². The molecule has 126 valence electrons. The SMILES string of the molecule is Cc1nc2ccc(NC(=O)CCc3nnc(-c4ccsc4)o3)cc2s1. The topological polar surface area (TPSA) is 80.9 Å². The fourth-order valence-corrected chi connectivity index (χ4v) is 3.92. The van der Waals surface area contributed by atoms with Crippen molar-refractivity contribution < 1.29 is 9.21 Å². The first-order valence-electron chi connectivity index (χ1n) is 7.69. The summed E-state index contributed by atoms with van der Waals surface area (Å²) in [7, 11) is 0. The molecule has 0 unspecified atom stereocenters. The Hall–Kier alpha value is -2.58. The molecule has 0 aliphatic carbocycles. The molecule has 0 radical (unpaired) electrons. The van der Waals surface area contributed by atoms with Gasteiger partial charge in [0.2, 0.25) is 17.7 Å². The van der Waals surface area contributed by atoms with Crippen molar-refractivity contribution in [2.24, 2.45) is 0 Å². The van der Waals surface area contributed by atoms with Gasteiger partial charge < -0.3 is 9.73 Å². The molecule has 0 fully saturated rings. The van der Waals surface area contributed by atoms with Crippen molar-refractivity contribution in [1.82, 2.24) is 15.2 Å². The number of thiophene rings is 1. The molecule has 0 saturated carbocycles. The normalized spacial score (nSPS) is 11.1. The lowest BCUT2D eigenvalue weighted by Crippen LogP contribution is -2.12. The number of nitrogens with one attached hydrogen (secondary N) is 1. The number of aromatic nitrogens is 3. The van der Waals surface area contributed by atoms with E-state index in [9.17, 15) is 4.79 Å². The van der Waals surface area contributed by atoms with Gasteiger partial charge in [-0.1, -0.05) is 0 Å².